The summed E-state index contributed by atoms with van der Waals surface area (Å²) in [5, 5.41) is 10.9. The van der Waals surface area contributed by atoms with Crippen molar-refractivity contribution in [3.05, 3.63) is 46.0 Å². The maximum absolute atomic E-state index is 12.9. The summed E-state index contributed by atoms with van der Waals surface area (Å²) in [5.41, 5.74) is 2.69. The molecule has 9 nitrogen and oxygen atoms in total. The molecule has 1 unspecified atom stereocenters. The smallest absolute Gasteiger partial charge is 0.290 e. The van der Waals surface area contributed by atoms with Gasteiger partial charge in [0.05, 0.1) is 16.0 Å². The average molecular weight is 505 g/mol. The summed E-state index contributed by atoms with van der Waals surface area (Å²) in [7, 11) is 0. The minimum Gasteiger partial charge on any atom is -0.483 e. The molecule has 3 aromatic rings. The van der Waals surface area contributed by atoms with Gasteiger partial charge in [-0.25, -0.2) is 15.0 Å². The molecule has 180 valence electrons. The normalized spacial score (nSPS) is 17.5. The molecule has 5 rings (SSSR count). The first kappa shape index (κ1) is 24.2. The molecule has 34 heavy (non-hydrogen) atoms. The highest BCUT2D eigenvalue weighted by Gasteiger charge is 2.29. The number of benzene rings is 1. The zero-order valence-electron chi connectivity index (χ0n) is 18.6. The molecule has 1 atom stereocenters. The molecule has 1 aromatic carbocycles. The van der Waals surface area contributed by atoms with Crippen molar-refractivity contribution in [1.82, 2.24) is 24.8 Å². The number of carboxylic acid groups (broad SMARTS) is 1. The van der Waals surface area contributed by atoms with Crippen LogP contribution in [0.15, 0.2) is 24.5 Å². The number of imidazole rings is 1. The molecule has 2 aliphatic rings. The molecule has 2 aliphatic heterocycles. The molecule has 1 fully saturated rings. The van der Waals surface area contributed by atoms with Gasteiger partial charge in [-0.15, -0.1) is 0 Å². The van der Waals surface area contributed by atoms with Gasteiger partial charge in [0.25, 0.3) is 6.47 Å². The molecular weight excluding hydrogens is 479 g/mol. The Labute approximate surface area is 207 Å². The van der Waals surface area contributed by atoms with Crippen molar-refractivity contribution in [2.24, 2.45) is 5.92 Å². The number of nitrogens with one attached hydrogen (secondary N) is 1. The molecule has 4 heterocycles. The van der Waals surface area contributed by atoms with Crippen molar-refractivity contribution < 1.29 is 14.7 Å². The molecule has 0 spiro atoms. The lowest BCUT2D eigenvalue weighted by Gasteiger charge is -2.32. The van der Waals surface area contributed by atoms with E-state index < -0.39 is 0 Å². The van der Waals surface area contributed by atoms with Crippen LogP contribution in [0.5, 0.6) is 0 Å². The second-order valence-corrected chi connectivity index (χ2v) is 9.18. The molecular formula is C23H26Cl2N6O3. The Kier molecular flexibility index (Phi) is 7.84. The third kappa shape index (κ3) is 5.26. The van der Waals surface area contributed by atoms with E-state index in [-0.39, 0.29) is 18.3 Å². The van der Waals surface area contributed by atoms with Crippen LogP contribution in [0.25, 0.3) is 11.2 Å². The number of piperidine rings is 1. The van der Waals surface area contributed by atoms with Gasteiger partial charge in [-0.2, -0.15) is 0 Å². The van der Waals surface area contributed by atoms with Crippen molar-refractivity contribution >= 4 is 52.6 Å². The van der Waals surface area contributed by atoms with Crippen LogP contribution < -0.4 is 10.2 Å². The van der Waals surface area contributed by atoms with Gasteiger partial charge in [0.1, 0.15) is 12.2 Å². The molecule has 0 radical (unpaired) electrons. The lowest BCUT2D eigenvalue weighted by Crippen LogP contribution is -2.43. The molecule has 0 bridgehead atoms. The number of carbonyl (C=O) groups is 2. The number of aromatic nitrogens is 4. The summed E-state index contributed by atoms with van der Waals surface area (Å²) in [6.07, 6.45) is 6.71. The minimum atomic E-state index is -0.250. The first-order valence-electron chi connectivity index (χ1n) is 11.3. The van der Waals surface area contributed by atoms with Crippen LogP contribution in [-0.2, 0) is 29.1 Å². The molecule has 2 N–H and O–H groups in total. The van der Waals surface area contributed by atoms with E-state index in [2.05, 4.69) is 24.8 Å². The van der Waals surface area contributed by atoms with Crippen LogP contribution in [0.4, 0.5) is 5.82 Å². The highest BCUT2D eigenvalue weighted by atomic mass is 35.5. The number of fused-ring (bicyclic) bond motifs is 3. The lowest BCUT2D eigenvalue weighted by atomic mass is 9.97. The number of halogens is 2. The van der Waals surface area contributed by atoms with Gasteiger partial charge >= 0.3 is 0 Å². The van der Waals surface area contributed by atoms with E-state index >= 15 is 0 Å². The number of rotatable bonds is 4. The van der Waals surface area contributed by atoms with E-state index in [1.807, 2.05) is 6.07 Å². The van der Waals surface area contributed by atoms with Crippen molar-refractivity contribution in [3.8, 4) is 0 Å². The van der Waals surface area contributed by atoms with Crippen LogP contribution in [0.3, 0.4) is 0 Å². The van der Waals surface area contributed by atoms with Gasteiger partial charge in [0.15, 0.2) is 17.0 Å². The Bertz CT molecular complexity index is 1180. The van der Waals surface area contributed by atoms with Crippen molar-refractivity contribution in [2.45, 2.75) is 45.2 Å². The van der Waals surface area contributed by atoms with E-state index in [0.29, 0.717) is 23.1 Å². The van der Waals surface area contributed by atoms with E-state index in [1.54, 1.807) is 18.5 Å². The summed E-state index contributed by atoms with van der Waals surface area (Å²) in [6.45, 7) is 2.63. The Morgan fingerprint density at radius 3 is 2.79 bits per heavy atom. The lowest BCUT2D eigenvalue weighted by molar-refractivity contribution is -0.125. The zero-order chi connectivity index (χ0) is 24.1. The fourth-order valence-electron chi connectivity index (χ4n) is 4.55. The van der Waals surface area contributed by atoms with Crippen molar-refractivity contribution in [3.63, 3.8) is 0 Å². The van der Waals surface area contributed by atoms with Crippen LogP contribution in [0.2, 0.25) is 10.0 Å². The molecule has 2 aromatic heterocycles. The Morgan fingerprint density at radius 2 is 2.00 bits per heavy atom. The first-order valence-corrected chi connectivity index (χ1v) is 12.0. The van der Waals surface area contributed by atoms with E-state index in [9.17, 15) is 4.79 Å². The summed E-state index contributed by atoms with van der Waals surface area (Å²) in [4.78, 5) is 37.4. The highest BCUT2D eigenvalue weighted by Crippen LogP contribution is 2.29. The molecule has 1 amide bonds. The van der Waals surface area contributed by atoms with E-state index in [0.717, 1.165) is 73.6 Å². The zero-order valence-corrected chi connectivity index (χ0v) is 20.1. The topological polar surface area (TPSA) is 113 Å². The predicted octanol–water partition coefficient (Wildman–Crippen LogP) is 3.70. The fourth-order valence-corrected chi connectivity index (χ4v) is 4.87. The van der Waals surface area contributed by atoms with Crippen LogP contribution in [-0.4, -0.2) is 50.1 Å². The van der Waals surface area contributed by atoms with Gasteiger partial charge in [0, 0.05) is 32.6 Å². The summed E-state index contributed by atoms with van der Waals surface area (Å²) in [5.74, 6) is 1.88. The van der Waals surface area contributed by atoms with Gasteiger partial charge in [0.2, 0.25) is 5.91 Å². The summed E-state index contributed by atoms with van der Waals surface area (Å²) < 4.78 is 2.22. The number of carbonyl (C=O) groups excluding carboxylic acids is 1. The van der Waals surface area contributed by atoms with Crippen LogP contribution >= 0.6 is 23.2 Å². The minimum absolute atomic E-state index is 0.0465. The maximum atomic E-state index is 12.9. The standard InChI is InChI=1S/C22H24Cl2N6O.CH2O2/c23-16-7-6-14(10-17(16)24)11-25-22(31)15-4-3-8-29(12-15)20-19-21(27-13-26-20)30-9-2-1-5-18(30)28-19;2-1-3/h6-7,10,13,15H,1-5,8-9,11-12H2,(H,25,31);1H,(H,2,3). The average Bonchev–Trinajstić information content (AvgIpc) is 3.24. The maximum Gasteiger partial charge on any atom is 0.290 e. The molecule has 1 saturated heterocycles. The predicted molar refractivity (Wildman–Crippen MR) is 130 cm³/mol. The third-order valence-corrected chi connectivity index (χ3v) is 6.91. The largest absolute Gasteiger partial charge is 0.483 e. The summed E-state index contributed by atoms with van der Waals surface area (Å²) in [6, 6.07) is 5.41. The van der Waals surface area contributed by atoms with Crippen molar-refractivity contribution in [2.75, 3.05) is 18.0 Å². The number of aryl methyl sites for hydroxylation is 2. The fraction of sp³-hybridized carbons (Fsp3) is 0.435. The monoisotopic (exact) mass is 504 g/mol. The SMILES string of the molecule is O=C(NCc1ccc(Cl)c(Cl)c1)C1CCCN(c2ncnc3c2nc2n3CCCC2)C1.O=CO. The Balaban J connectivity index is 0.000000868. The van der Waals surface area contributed by atoms with Gasteiger partial charge in [-0.3, -0.25) is 9.59 Å². The number of hydrogen-bond acceptors (Lipinski definition) is 6. The number of amides is 1. The molecule has 11 heteroatoms. The second-order valence-electron chi connectivity index (χ2n) is 8.36. The van der Waals surface area contributed by atoms with Crippen LogP contribution in [0.1, 0.15) is 37.1 Å². The van der Waals surface area contributed by atoms with E-state index in [1.165, 1.54) is 0 Å². The highest BCUT2D eigenvalue weighted by molar-refractivity contribution is 6.42. The van der Waals surface area contributed by atoms with Crippen LogP contribution in [0, 0.1) is 5.92 Å². The van der Waals surface area contributed by atoms with Crippen molar-refractivity contribution in [1.29, 1.82) is 0 Å². The third-order valence-electron chi connectivity index (χ3n) is 6.17. The number of hydrogen-bond donors (Lipinski definition) is 2. The number of nitrogens with zero attached hydrogens (tertiary/aromatic N) is 5. The summed E-state index contributed by atoms with van der Waals surface area (Å²) >= 11 is 12.1. The van der Waals surface area contributed by atoms with E-state index in [4.69, 9.17) is 38.1 Å². The quantitative estimate of drug-likeness (QED) is 0.520. The Morgan fingerprint density at radius 1 is 1.18 bits per heavy atom. The number of anilines is 1. The van der Waals surface area contributed by atoms with Gasteiger partial charge in [-0.05, 0) is 43.4 Å². The first-order chi connectivity index (χ1) is 16.5. The Hall–Kier alpha value is -2.91. The second kappa shape index (κ2) is 11.0. The van der Waals surface area contributed by atoms with Gasteiger partial charge < -0.3 is 19.9 Å². The molecule has 0 aliphatic carbocycles. The van der Waals surface area contributed by atoms with Gasteiger partial charge in [-0.1, -0.05) is 29.3 Å². The molecule has 0 saturated carbocycles.